The standard InChI is InChI=1S/C17H19BrN2O/c1-13-5-2-3-6-14(13)12-19-10-9-17(21)20-16-8-4-7-15(18)11-16/h2-8,11,19H,9-10,12H2,1H3,(H,20,21). The first-order chi connectivity index (χ1) is 10.1. The van der Waals surface area contributed by atoms with Crippen molar-refractivity contribution in [3.63, 3.8) is 0 Å². The molecule has 0 aromatic heterocycles. The SMILES string of the molecule is Cc1ccccc1CNCCC(=O)Nc1cccc(Br)c1. The lowest BCUT2D eigenvalue weighted by atomic mass is 10.1. The molecule has 2 aromatic carbocycles. The summed E-state index contributed by atoms with van der Waals surface area (Å²) in [5, 5.41) is 6.18. The summed E-state index contributed by atoms with van der Waals surface area (Å²) in [5.41, 5.74) is 3.35. The van der Waals surface area contributed by atoms with Gasteiger partial charge in [0.1, 0.15) is 0 Å². The van der Waals surface area contributed by atoms with Gasteiger partial charge in [-0.2, -0.15) is 0 Å². The van der Waals surface area contributed by atoms with Crippen molar-refractivity contribution in [1.82, 2.24) is 5.32 Å². The zero-order valence-electron chi connectivity index (χ0n) is 12.0. The fourth-order valence-corrected chi connectivity index (χ4v) is 2.42. The first-order valence-electron chi connectivity index (χ1n) is 6.96. The molecule has 0 aliphatic heterocycles. The number of rotatable bonds is 6. The van der Waals surface area contributed by atoms with Crippen LogP contribution in [0, 0.1) is 6.92 Å². The largest absolute Gasteiger partial charge is 0.326 e. The second kappa shape index (κ2) is 7.96. The van der Waals surface area contributed by atoms with Gasteiger partial charge >= 0.3 is 0 Å². The fourth-order valence-electron chi connectivity index (χ4n) is 2.02. The Kier molecular flexibility index (Phi) is 5.96. The van der Waals surface area contributed by atoms with Crippen LogP contribution in [0.1, 0.15) is 17.5 Å². The highest BCUT2D eigenvalue weighted by Gasteiger charge is 2.03. The predicted octanol–water partition coefficient (Wildman–Crippen LogP) is 3.88. The van der Waals surface area contributed by atoms with Crippen molar-refractivity contribution in [3.8, 4) is 0 Å². The number of carbonyl (C=O) groups excluding carboxylic acids is 1. The van der Waals surface area contributed by atoms with Gasteiger partial charge in [0.25, 0.3) is 0 Å². The molecule has 0 heterocycles. The van der Waals surface area contributed by atoms with Crippen LogP contribution in [0.5, 0.6) is 0 Å². The van der Waals surface area contributed by atoms with Crippen LogP contribution in [-0.2, 0) is 11.3 Å². The zero-order valence-corrected chi connectivity index (χ0v) is 13.6. The number of hydrogen-bond donors (Lipinski definition) is 2. The second-order valence-corrected chi connectivity index (χ2v) is 5.83. The van der Waals surface area contributed by atoms with E-state index in [1.54, 1.807) is 0 Å². The van der Waals surface area contributed by atoms with Crippen molar-refractivity contribution in [3.05, 3.63) is 64.1 Å². The number of hydrogen-bond acceptors (Lipinski definition) is 2. The summed E-state index contributed by atoms with van der Waals surface area (Å²) < 4.78 is 0.956. The summed E-state index contributed by atoms with van der Waals surface area (Å²) in [6.07, 6.45) is 0.457. The van der Waals surface area contributed by atoms with Crippen LogP contribution in [-0.4, -0.2) is 12.5 Å². The van der Waals surface area contributed by atoms with E-state index in [4.69, 9.17) is 0 Å². The summed E-state index contributed by atoms with van der Waals surface area (Å²) >= 11 is 3.38. The summed E-state index contributed by atoms with van der Waals surface area (Å²) in [5.74, 6) is 0.0189. The van der Waals surface area contributed by atoms with Crippen molar-refractivity contribution in [1.29, 1.82) is 0 Å². The molecule has 0 aliphatic carbocycles. The highest BCUT2D eigenvalue weighted by Crippen LogP contribution is 2.15. The van der Waals surface area contributed by atoms with Gasteiger partial charge in [0.05, 0.1) is 0 Å². The minimum Gasteiger partial charge on any atom is -0.326 e. The van der Waals surface area contributed by atoms with Gasteiger partial charge in [0.15, 0.2) is 0 Å². The van der Waals surface area contributed by atoms with Crippen molar-refractivity contribution in [2.45, 2.75) is 19.9 Å². The maximum absolute atomic E-state index is 11.8. The number of amides is 1. The molecule has 0 radical (unpaired) electrons. The molecule has 0 unspecified atom stereocenters. The number of benzene rings is 2. The number of anilines is 1. The van der Waals surface area contributed by atoms with Crippen LogP contribution in [0.3, 0.4) is 0 Å². The Morgan fingerprint density at radius 3 is 2.71 bits per heavy atom. The first kappa shape index (κ1) is 15.7. The van der Waals surface area contributed by atoms with Gasteiger partial charge < -0.3 is 10.6 Å². The van der Waals surface area contributed by atoms with Crippen molar-refractivity contribution in [2.75, 3.05) is 11.9 Å². The van der Waals surface area contributed by atoms with Gasteiger partial charge in [-0.25, -0.2) is 0 Å². The van der Waals surface area contributed by atoms with Gasteiger partial charge in [-0.3, -0.25) is 4.79 Å². The molecule has 4 heteroatoms. The van der Waals surface area contributed by atoms with Crippen molar-refractivity contribution < 1.29 is 4.79 Å². The quantitative estimate of drug-likeness (QED) is 0.779. The van der Waals surface area contributed by atoms with E-state index in [1.807, 2.05) is 36.4 Å². The molecule has 0 atom stereocenters. The number of halogens is 1. The lowest BCUT2D eigenvalue weighted by Crippen LogP contribution is -2.21. The van der Waals surface area contributed by atoms with Crippen LogP contribution < -0.4 is 10.6 Å². The third-order valence-electron chi connectivity index (χ3n) is 3.21. The van der Waals surface area contributed by atoms with Gasteiger partial charge in [-0.05, 0) is 36.2 Å². The Morgan fingerprint density at radius 1 is 1.14 bits per heavy atom. The highest BCUT2D eigenvalue weighted by molar-refractivity contribution is 9.10. The molecule has 21 heavy (non-hydrogen) atoms. The molecule has 3 nitrogen and oxygen atoms in total. The maximum atomic E-state index is 11.8. The Bertz CT molecular complexity index is 613. The van der Waals surface area contributed by atoms with Gasteiger partial charge in [0.2, 0.25) is 5.91 Å². The molecule has 0 spiro atoms. The molecule has 0 bridgehead atoms. The van der Waals surface area contributed by atoms with E-state index in [0.717, 1.165) is 16.7 Å². The summed E-state index contributed by atoms with van der Waals surface area (Å²) in [4.78, 5) is 11.8. The molecule has 2 aromatic rings. The summed E-state index contributed by atoms with van der Waals surface area (Å²) in [7, 11) is 0. The highest BCUT2D eigenvalue weighted by atomic mass is 79.9. The number of carbonyl (C=O) groups is 1. The average molecular weight is 347 g/mol. The zero-order chi connectivity index (χ0) is 15.1. The van der Waals surface area contributed by atoms with Crippen molar-refractivity contribution in [2.24, 2.45) is 0 Å². The molecule has 0 saturated heterocycles. The molecule has 110 valence electrons. The number of aryl methyl sites for hydroxylation is 1. The minimum atomic E-state index is 0.0189. The normalized spacial score (nSPS) is 10.4. The molecule has 2 N–H and O–H groups in total. The minimum absolute atomic E-state index is 0.0189. The van der Waals surface area contributed by atoms with E-state index < -0.39 is 0 Å². The van der Waals surface area contributed by atoms with E-state index in [-0.39, 0.29) is 5.91 Å². The van der Waals surface area contributed by atoms with Crippen LogP contribution >= 0.6 is 15.9 Å². The predicted molar refractivity (Wildman–Crippen MR) is 90.3 cm³/mol. The van der Waals surface area contributed by atoms with Crippen LogP contribution in [0.25, 0.3) is 0 Å². The Morgan fingerprint density at radius 2 is 1.95 bits per heavy atom. The monoisotopic (exact) mass is 346 g/mol. The Labute approximate surface area is 133 Å². The molecule has 1 amide bonds. The molecular formula is C17H19BrN2O. The van der Waals surface area contributed by atoms with E-state index in [2.05, 4.69) is 45.6 Å². The molecule has 0 aliphatic rings. The summed E-state index contributed by atoms with van der Waals surface area (Å²) in [6, 6.07) is 15.9. The maximum Gasteiger partial charge on any atom is 0.225 e. The van der Waals surface area contributed by atoms with E-state index in [0.29, 0.717) is 13.0 Å². The molecule has 2 rings (SSSR count). The lowest BCUT2D eigenvalue weighted by Gasteiger charge is -2.08. The molecular weight excluding hydrogens is 328 g/mol. The van der Waals surface area contributed by atoms with Crippen molar-refractivity contribution >= 4 is 27.5 Å². The third kappa shape index (κ3) is 5.33. The van der Waals surface area contributed by atoms with Gasteiger partial charge in [-0.1, -0.05) is 46.3 Å². The number of nitrogens with one attached hydrogen (secondary N) is 2. The Balaban J connectivity index is 1.71. The second-order valence-electron chi connectivity index (χ2n) is 4.91. The van der Waals surface area contributed by atoms with Crippen LogP contribution in [0.4, 0.5) is 5.69 Å². The molecule has 0 fully saturated rings. The average Bonchev–Trinajstić information content (AvgIpc) is 2.45. The third-order valence-corrected chi connectivity index (χ3v) is 3.71. The van der Waals surface area contributed by atoms with Crippen LogP contribution in [0.2, 0.25) is 0 Å². The topological polar surface area (TPSA) is 41.1 Å². The van der Waals surface area contributed by atoms with E-state index in [9.17, 15) is 4.79 Å². The summed E-state index contributed by atoms with van der Waals surface area (Å²) in [6.45, 7) is 3.54. The van der Waals surface area contributed by atoms with Crippen LogP contribution in [0.15, 0.2) is 53.0 Å². The lowest BCUT2D eigenvalue weighted by molar-refractivity contribution is -0.116. The van der Waals surface area contributed by atoms with Gasteiger partial charge in [0, 0.05) is 29.7 Å². The van der Waals surface area contributed by atoms with Gasteiger partial charge in [-0.15, -0.1) is 0 Å². The Hall–Kier alpha value is -1.65. The fraction of sp³-hybridized carbons (Fsp3) is 0.235. The molecule has 0 saturated carbocycles. The van der Waals surface area contributed by atoms with E-state index in [1.165, 1.54) is 11.1 Å². The first-order valence-corrected chi connectivity index (χ1v) is 7.75. The van der Waals surface area contributed by atoms with E-state index >= 15 is 0 Å². The smallest absolute Gasteiger partial charge is 0.225 e.